The fourth-order valence-corrected chi connectivity index (χ4v) is 2.33. The Morgan fingerprint density at radius 2 is 1.81 bits per heavy atom. The molecular weight excluding hydrogens is 311 g/mol. The molecule has 0 aliphatic rings. The Labute approximate surface area is 120 Å². The smallest absolute Gasteiger partial charge is 0.235 e. The van der Waals surface area contributed by atoms with Crippen molar-refractivity contribution in [3.8, 4) is 6.07 Å². The second-order valence-corrected chi connectivity index (χ2v) is 4.87. The molecule has 2 aromatic rings. The fraction of sp³-hybridized carbons (Fsp3) is 0.0769. The third kappa shape index (κ3) is 3.49. The van der Waals surface area contributed by atoms with Gasteiger partial charge in [-0.25, -0.2) is 13.8 Å². The van der Waals surface area contributed by atoms with Crippen LogP contribution in [0.2, 0.25) is 0 Å². The minimum atomic E-state index is -4.69. The maximum absolute atomic E-state index is 13.5. The van der Waals surface area contributed by atoms with Crippen molar-refractivity contribution in [2.45, 2.75) is 16.1 Å². The van der Waals surface area contributed by atoms with Crippen LogP contribution in [0, 0.1) is 23.0 Å². The second kappa shape index (κ2) is 5.69. The summed E-state index contributed by atoms with van der Waals surface area (Å²) in [5, 5.41) is 8.53. The normalized spacial score (nSPS) is 11.2. The Hall–Kier alpha value is -2.14. The zero-order valence-corrected chi connectivity index (χ0v) is 10.9. The molecule has 1 aromatic heterocycles. The molecule has 0 bridgehead atoms. The summed E-state index contributed by atoms with van der Waals surface area (Å²) >= 11 is 0.461. The van der Waals surface area contributed by atoms with Crippen molar-refractivity contribution in [3.63, 3.8) is 0 Å². The van der Waals surface area contributed by atoms with E-state index >= 15 is 0 Å². The number of hydrogen-bond donors (Lipinski definition) is 0. The molecule has 2 nitrogen and oxygen atoms in total. The molecule has 1 heterocycles. The Morgan fingerprint density at radius 1 is 1.10 bits per heavy atom. The van der Waals surface area contributed by atoms with Gasteiger partial charge in [0.05, 0.1) is 10.5 Å². The maximum Gasteiger partial charge on any atom is 0.433 e. The molecule has 0 unspecified atom stereocenters. The molecule has 0 spiro atoms. The lowest BCUT2D eigenvalue weighted by atomic mass is 10.2. The summed E-state index contributed by atoms with van der Waals surface area (Å²) in [6.45, 7) is 0. The predicted molar refractivity (Wildman–Crippen MR) is 64.4 cm³/mol. The van der Waals surface area contributed by atoms with Crippen LogP contribution < -0.4 is 0 Å². The highest BCUT2D eigenvalue weighted by molar-refractivity contribution is 7.99. The molecule has 8 heteroatoms. The lowest BCUT2D eigenvalue weighted by molar-refractivity contribution is -0.141. The maximum atomic E-state index is 13.5. The van der Waals surface area contributed by atoms with Crippen LogP contribution in [0.25, 0.3) is 0 Å². The van der Waals surface area contributed by atoms with Gasteiger partial charge in [0.25, 0.3) is 0 Å². The Balaban J connectivity index is 2.47. The number of benzene rings is 1. The average Bonchev–Trinajstić information content (AvgIpc) is 2.42. The van der Waals surface area contributed by atoms with Gasteiger partial charge < -0.3 is 0 Å². The van der Waals surface area contributed by atoms with Crippen molar-refractivity contribution >= 4 is 11.8 Å². The highest BCUT2D eigenvalue weighted by Crippen LogP contribution is 2.34. The first-order chi connectivity index (χ1) is 9.81. The largest absolute Gasteiger partial charge is 0.433 e. The summed E-state index contributed by atoms with van der Waals surface area (Å²) in [4.78, 5) is 3.06. The van der Waals surface area contributed by atoms with Gasteiger partial charge in [-0.05, 0) is 30.3 Å². The van der Waals surface area contributed by atoms with Gasteiger partial charge in [-0.15, -0.1) is 0 Å². The van der Waals surface area contributed by atoms with Crippen molar-refractivity contribution in [2.75, 3.05) is 0 Å². The molecule has 0 saturated carbocycles. The van der Waals surface area contributed by atoms with E-state index in [4.69, 9.17) is 5.26 Å². The Morgan fingerprint density at radius 3 is 2.43 bits per heavy atom. The standard InChI is InChI=1S/C13H5F5N2S/c14-8-2-3-9(15)10(5-8)21-12-7(6-19)1-4-11(20-12)13(16,17)18/h1-5H. The van der Waals surface area contributed by atoms with Gasteiger partial charge in [0.1, 0.15) is 28.4 Å². The van der Waals surface area contributed by atoms with Gasteiger partial charge in [0.2, 0.25) is 0 Å². The first kappa shape index (κ1) is 15.3. The fourth-order valence-electron chi connectivity index (χ4n) is 1.42. The predicted octanol–water partition coefficient (Wildman–Crippen LogP) is 4.40. The number of nitriles is 1. The van der Waals surface area contributed by atoms with E-state index in [2.05, 4.69) is 4.98 Å². The van der Waals surface area contributed by atoms with Crippen molar-refractivity contribution in [2.24, 2.45) is 0 Å². The first-order valence-electron chi connectivity index (χ1n) is 5.42. The highest BCUT2D eigenvalue weighted by Gasteiger charge is 2.33. The van der Waals surface area contributed by atoms with E-state index in [1.807, 2.05) is 0 Å². The number of hydrogen-bond acceptors (Lipinski definition) is 3. The van der Waals surface area contributed by atoms with E-state index in [-0.39, 0.29) is 15.5 Å². The molecule has 1 aromatic carbocycles. The van der Waals surface area contributed by atoms with Crippen LogP contribution in [0.3, 0.4) is 0 Å². The molecule has 0 radical (unpaired) electrons. The van der Waals surface area contributed by atoms with Crippen molar-refractivity contribution in [3.05, 3.63) is 53.2 Å². The molecule has 0 atom stereocenters. The van der Waals surface area contributed by atoms with E-state index in [0.29, 0.717) is 17.8 Å². The summed E-state index contributed by atoms with van der Waals surface area (Å²) in [5.74, 6) is -1.56. The number of rotatable bonds is 2. The number of halogens is 5. The number of aromatic nitrogens is 1. The monoisotopic (exact) mass is 316 g/mol. The van der Waals surface area contributed by atoms with Crippen LogP contribution in [0.1, 0.15) is 11.3 Å². The van der Waals surface area contributed by atoms with Gasteiger partial charge in [-0.1, -0.05) is 11.8 Å². The highest BCUT2D eigenvalue weighted by atomic mass is 32.2. The summed E-state index contributed by atoms with van der Waals surface area (Å²) < 4.78 is 64.4. The van der Waals surface area contributed by atoms with Gasteiger partial charge >= 0.3 is 6.18 Å². The molecule has 0 saturated heterocycles. The molecular formula is C13H5F5N2S. The molecule has 21 heavy (non-hydrogen) atoms. The van der Waals surface area contributed by atoms with Crippen LogP contribution in [0.4, 0.5) is 22.0 Å². The summed E-state index contributed by atoms with van der Waals surface area (Å²) in [5.41, 5.74) is -1.36. The molecule has 0 N–H and O–H groups in total. The van der Waals surface area contributed by atoms with Gasteiger partial charge in [0.15, 0.2) is 0 Å². The minimum absolute atomic E-state index is 0.156. The lowest BCUT2D eigenvalue weighted by Crippen LogP contribution is -2.08. The molecule has 0 fully saturated rings. The zero-order chi connectivity index (χ0) is 15.6. The lowest BCUT2D eigenvalue weighted by Gasteiger charge is -2.09. The Kier molecular flexibility index (Phi) is 4.14. The van der Waals surface area contributed by atoms with Gasteiger partial charge in [-0.2, -0.15) is 18.4 Å². The molecule has 0 amide bonds. The second-order valence-electron chi connectivity index (χ2n) is 3.84. The van der Waals surface area contributed by atoms with E-state index < -0.39 is 23.5 Å². The minimum Gasteiger partial charge on any atom is -0.235 e. The molecule has 2 rings (SSSR count). The zero-order valence-electron chi connectivity index (χ0n) is 10.1. The summed E-state index contributed by atoms with van der Waals surface area (Å²) in [7, 11) is 0. The SMILES string of the molecule is N#Cc1ccc(C(F)(F)F)nc1Sc1cc(F)ccc1F. The third-order valence-electron chi connectivity index (χ3n) is 2.37. The number of pyridine rings is 1. The summed E-state index contributed by atoms with van der Waals surface area (Å²) in [6.07, 6.45) is -4.69. The van der Waals surface area contributed by atoms with Crippen LogP contribution in [0.5, 0.6) is 0 Å². The number of alkyl halides is 3. The molecule has 0 aliphatic heterocycles. The van der Waals surface area contributed by atoms with Crippen LogP contribution in [-0.4, -0.2) is 4.98 Å². The van der Waals surface area contributed by atoms with Crippen LogP contribution in [-0.2, 0) is 6.18 Å². The van der Waals surface area contributed by atoms with E-state index in [9.17, 15) is 22.0 Å². The molecule has 108 valence electrons. The Bertz CT molecular complexity index is 721. The average molecular weight is 316 g/mol. The van der Waals surface area contributed by atoms with Crippen LogP contribution in [0.15, 0.2) is 40.3 Å². The van der Waals surface area contributed by atoms with Crippen molar-refractivity contribution in [1.82, 2.24) is 4.98 Å². The van der Waals surface area contributed by atoms with Gasteiger partial charge in [0, 0.05) is 0 Å². The topological polar surface area (TPSA) is 36.7 Å². The quantitative estimate of drug-likeness (QED) is 0.771. The molecule has 0 aliphatic carbocycles. The van der Waals surface area contributed by atoms with Crippen LogP contribution >= 0.6 is 11.8 Å². The third-order valence-corrected chi connectivity index (χ3v) is 3.41. The van der Waals surface area contributed by atoms with Gasteiger partial charge in [-0.3, -0.25) is 0 Å². The summed E-state index contributed by atoms with van der Waals surface area (Å²) in [6, 6.07) is 5.81. The number of nitrogens with zero attached hydrogens (tertiary/aromatic N) is 2. The van der Waals surface area contributed by atoms with E-state index in [1.54, 1.807) is 6.07 Å². The van der Waals surface area contributed by atoms with E-state index in [0.717, 1.165) is 24.3 Å². The van der Waals surface area contributed by atoms with E-state index in [1.165, 1.54) is 0 Å². The first-order valence-corrected chi connectivity index (χ1v) is 6.24. The van der Waals surface area contributed by atoms with Crippen molar-refractivity contribution < 1.29 is 22.0 Å². The van der Waals surface area contributed by atoms with Crippen molar-refractivity contribution in [1.29, 1.82) is 5.26 Å².